The normalized spacial score (nSPS) is 12.0. The zero-order valence-corrected chi connectivity index (χ0v) is 10.4. The van der Waals surface area contributed by atoms with Crippen LogP contribution >= 0.6 is 11.6 Å². The van der Waals surface area contributed by atoms with Gasteiger partial charge in [-0.2, -0.15) is 0 Å². The second-order valence-electron chi connectivity index (χ2n) is 3.61. The number of carbonyl (C=O) groups excluding carboxylic acids is 1. The van der Waals surface area contributed by atoms with Gasteiger partial charge in [0.25, 0.3) is 0 Å². The highest BCUT2D eigenvalue weighted by atomic mass is 35.5. The molecule has 0 aliphatic carbocycles. The molecule has 4 N–H and O–H groups in total. The fourth-order valence-electron chi connectivity index (χ4n) is 1.31. The van der Waals surface area contributed by atoms with Crippen molar-refractivity contribution in [1.82, 2.24) is 5.32 Å². The Balaban J connectivity index is 2.81. The molecule has 0 radical (unpaired) electrons. The largest absolute Gasteiger partial charge is 0.397 e. The molecule has 0 saturated heterocycles. The van der Waals surface area contributed by atoms with E-state index in [9.17, 15) is 9.18 Å². The van der Waals surface area contributed by atoms with Crippen molar-refractivity contribution in [1.29, 1.82) is 0 Å². The van der Waals surface area contributed by atoms with Gasteiger partial charge in [0.05, 0.1) is 16.4 Å². The first kappa shape index (κ1) is 13.6. The third-order valence-corrected chi connectivity index (χ3v) is 2.50. The number of likely N-dealkylation sites (N-methyl/N-ethyl adjacent to an activating group) is 1. The topological polar surface area (TPSA) is 67.2 Å². The predicted molar refractivity (Wildman–Crippen MR) is 67.6 cm³/mol. The van der Waals surface area contributed by atoms with Crippen LogP contribution in [0.4, 0.5) is 15.8 Å². The molecule has 0 aromatic heterocycles. The summed E-state index contributed by atoms with van der Waals surface area (Å²) < 4.78 is 13.1. The molecule has 94 valence electrons. The molecule has 0 fully saturated rings. The molecule has 0 spiro atoms. The average molecular weight is 260 g/mol. The molecular formula is C11H15ClFN3O. The molecule has 0 aliphatic heterocycles. The van der Waals surface area contributed by atoms with Crippen molar-refractivity contribution in [3.8, 4) is 0 Å². The fourth-order valence-corrected chi connectivity index (χ4v) is 1.48. The molecule has 1 aromatic rings. The van der Waals surface area contributed by atoms with E-state index in [1.165, 1.54) is 6.07 Å². The Labute approximate surface area is 104 Å². The van der Waals surface area contributed by atoms with Crippen LogP contribution in [0, 0.1) is 5.82 Å². The average Bonchev–Trinajstić information content (AvgIpc) is 2.26. The van der Waals surface area contributed by atoms with Gasteiger partial charge in [-0.3, -0.25) is 4.79 Å². The smallest absolute Gasteiger partial charge is 0.242 e. The molecule has 0 aliphatic rings. The number of benzene rings is 1. The van der Waals surface area contributed by atoms with Crippen LogP contribution in [0.15, 0.2) is 12.1 Å². The van der Waals surface area contributed by atoms with Gasteiger partial charge < -0.3 is 16.4 Å². The van der Waals surface area contributed by atoms with E-state index in [4.69, 9.17) is 17.3 Å². The summed E-state index contributed by atoms with van der Waals surface area (Å²) >= 11 is 5.64. The Hall–Kier alpha value is -1.49. The first-order valence-corrected chi connectivity index (χ1v) is 5.62. The van der Waals surface area contributed by atoms with Crippen LogP contribution in [0.5, 0.6) is 0 Å². The highest BCUT2D eigenvalue weighted by Crippen LogP contribution is 2.26. The Bertz CT molecular complexity index is 425. The lowest BCUT2D eigenvalue weighted by Crippen LogP contribution is -2.37. The van der Waals surface area contributed by atoms with Gasteiger partial charge in [0.15, 0.2) is 0 Å². The first-order valence-electron chi connectivity index (χ1n) is 5.24. The molecule has 0 heterocycles. The van der Waals surface area contributed by atoms with Crippen LogP contribution in [-0.4, -0.2) is 18.5 Å². The Morgan fingerprint density at radius 1 is 1.59 bits per heavy atom. The van der Waals surface area contributed by atoms with Crippen molar-refractivity contribution >= 4 is 28.9 Å². The number of hydrogen-bond donors (Lipinski definition) is 3. The first-order chi connectivity index (χ1) is 7.95. The van der Waals surface area contributed by atoms with Crippen molar-refractivity contribution in [2.75, 3.05) is 17.6 Å². The minimum absolute atomic E-state index is 0.0372. The lowest BCUT2D eigenvalue weighted by Gasteiger charge is -2.16. The maximum absolute atomic E-state index is 13.1. The summed E-state index contributed by atoms with van der Waals surface area (Å²) in [5.74, 6) is -0.743. The summed E-state index contributed by atoms with van der Waals surface area (Å²) in [4.78, 5) is 11.5. The van der Waals surface area contributed by atoms with E-state index in [-0.39, 0.29) is 16.6 Å². The van der Waals surface area contributed by atoms with E-state index in [1.54, 1.807) is 6.92 Å². The van der Waals surface area contributed by atoms with E-state index < -0.39 is 11.9 Å². The Kier molecular flexibility index (Phi) is 4.57. The van der Waals surface area contributed by atoms with Crippen molar-refractivity contribution in [2.45, 2.75) is 19.9 Å². The second-order valence-corrected chi connectivity index (χ2v) is 4.02. The quantitative estimate of drug-likeness (QED) is 0.725. The monoisotopic (exact) mass is 259 g/mol. The number of halogens is 2. The van der Waals surface area contributed by atoms with Crippen molar-refractivity contribution in [2.24, 2.45) is 0 Å². The third kappa shape index (κ3) is 3.49. The van der Waals surface area contributed by atoms with Gasteiger partial charge in [0.1, 0.15) is 11.9 Å². The number of nitrogen functional groups attached to an aromatic ring is 1. The van der Waals surface area contributed by atoms with E-state index in [1.807, 2.05) is 6.92 Å². The number of amides is 1. The highest BCUT2D eigenvalue weighted by Gasteiger charge is 2.14. The number of nitrogens with one attached hydrogen (secondary N) is 2. The van der Waals surface area contributed by atoms with E-state index >= 15 is 0 Å². The maximum Gasteiger partial charge on any atom is 0.242 e. The van der Waals surface area contributed by atoms with Gasteiger partial charge in [-0.15, -0.1) is 0 Å². The van der Waals surface area contributed by atoms with Crippen LogP contribution in [0.25, 0.3) is 0 Å². The molecule has 1 rings (SSSR count). The summed E-state index contributed by atoms with van der Waals surface area (Å²) in [5, 5.41) is 5.50. The van der Waals surface area contributed by atoms with Crippen LogP contribution in [0.1, 0.15) is 13.8 Å². The summed E-state index contributed by atoms with van der Waals surface area (Å²) in [7, 11) is 0. The molecule has 17 heavy (non-hydrogen) atoms. The molecule has 6 heteroatoms. The maximum atomic E-state index is 13.1. The Morgan fingerprint density at radius 2 is 2.24 bits per heavy atom. The number of hydrogen-bond acceptors (Lipinski definition) is 3. The van der Waals surface area contributed by atoms with Gasteiger partial charge >= 0.3 is 0 Å². The van der Waals surface area contributed by atoms with Crippen molar-refractivity contribution in [3.05, 3.63) is 23.0 Å². The molecule has 1 aromatic carbocycles. The molecular weight excluding hydrogens is 245 g/mol. The number of anilines is 2. The third-order valence-electron chi connectivity index (χ3n) is 2.21. The summed E-state index contributed by atoms with van der Waals surface area (Å²) in [6.45, 7) is 4.06. The molecule has 1 atom stereocenters. The summed E-state index contributed by atoms with van der Waals surface area (Å²) in [6, 6.07) is 2.01. The van der Waals surface area contributed by atoms with Crippen molar-refractivity contribution in [3.63, 3.8) is 0 Å². The lowest BCUT2D eigenvalue weighted by atomic mass is 10.2. The van der Waals surface area contributed by atoms with Crippen LogP contribution in [0.2, 0.25) is 5.02 Å². The van der Waals surface area contributed by atoms with Crippen LogP contribution in [-0.2, 0) is 4.79 Å². The molecule has 1 amide bonds. The predicted octanol–water partition coefficient (Wildman–Crippen LogP) is 2.00. The second kappa shape index (κ2) is 5.72. The number of rotatable bonds is 4. The van der Waals surface area contributed by atoms with Gasteiger partial charge in [0, 0.05) is 12.6 Å². The van der Waals surface area contributed by atoms with Gasteiger partial charge in [-0.1, -0.05) is 11.6 Å². The summed E-state index contributed by atoms with van der Waals surface area (Å²) in [5.41, 5.74) is 6.27. The number of nitrogens with two attached hydrogens (primary N) is 1. The minimum atomic E-state index is -0.583. The van der Waals surface area contributed by atoms with Gasteiger partial charge in [0.2, 0.25) is 5.91 Å². The molecule has 4 nitrogen and oxygen atoms in total. The zero-order chi connectivity index (χ0) is 13.0. The number of carbonyl (C=O) groups is 1. The Morgan fingerprint density at radius 3 is 2.82 bits per heavy atom. The summed E-state index contributed by atoms with van der Waals surface area (Å²) in [6.07, 6.45) is 0. The van der Waals surface area contributed by atoms with Crippen LogP contribution in [0.3, 0.4) is 0 Å². The van der Waals surface area contributed by atoms with Gasteiger partial charge in [-0.25, -0.2) is 4.39 Å². The molecule has 0 saturated carbocycles. The minimum Gasteiger partial charge on any atom is -0.397 e. The van der Waals surface area contributed by atoms with Gasteiger partial charge in [-0.05, 0) is 19.9 Å². The highest BCUT2D eigenvalue weighted by molar-refractivity contribution is 6.31. The zero-order valence-electron chi connectivity index (χ0n) is 9.68. The van der Waals surface area contributed by atoms with Crippen LogP contribution < -0.4 is 16.4 Å². The fraction of sp³-hybridized carbons (Fsp3) is 0.364. The van der Waals surface area contributed by atoms with E-state index in [0.717, 1.165) is 6.07 Å². The standard InChI is InChI=1S/C11H15ClFN3O/c1-3-15-11(17)6(2)16-10-4-7(12)8(13)5-9(10)14/h4-6,16H,3,14H2,1-2H3,(H,15,17). The lowest BCUT2D eigenvalue weighted by molar-refractivity contribution is -0.121. The molecule has 1 unspecified atom stereocenters. The SMILES string of the molecule is CCNC(=O)C(C)Nc1cc(Cl)c(F)cc1N. The van der Waals surface area contributed by atoms with E-state index in [2.05, 4.69) is 10.6 Å². The van der Waals surface area contributed by atoms with Crippen molar-refractivity contribution < 1.29 is 9.18 Å². The van der Waals surface area contributed by atoms with E-state index in [0.29, 0.717) is 12.2 Å². The molecule has 0 bridgehead atoms.